The number of ether oxygens (including phenoxy) is 1. The molecule has 0 saturated heterocycles. The van der Waals surface area contributed by atoms with Gasteiger partial charge in [0.05, 0.1) is 6.61 Å². The second-order valence-corrected chi connectivity index (χ2v) is 5.71. The molecule has 0 bridgehead atoms. The molecular formula is C16H22N2O. The minimum atomic E-state index is 0.168. The third kappa shape index (κ3) is 4.21. The van der Waals surface area contributed by atoms with E-state index >= 15 is 0 Å². The summed E-state index contributed by atoms with van der Waals surface area (Å²) in [5, 5.41) is 4.57. The highest BCUT2D eigenvalue weighted by molar-refractivity contribution is 5.84. The quantitative estimate of drug-likeness (QED) is 0.835. The average Bonchev–Trinajstić information content (AvgIpc) is 2.37. The first-order chi connectivity index (χ1) is 9.06. The molecule has 0 aliphatic carbocycles. The molecule has 0 aliphatic rings. The van der Waals surface area contributed by atoms with E-state index in [0.29, 0.717) is 6.61 Å². The first-order valence-electron chi connectivity index (χ1n) is 6.78. The van der Waals surface area contributed by atoms with Crippen LogP contribution in [0.25, 0.3) is 10.9 Å². The van der Waals surface area contributed by atoms with Crippen LogP contribution in [0.3, 0.4) is 0 Å². The van der Waals surface area contributed by atoms with Gasteiger partial charge in [-0.05, 0) is 45.9 Å². The van der Waals surface area contributed by atoms with Crippen LogP contribution < -0.4 is 10.1 Å². The summed E-state index contributed by atoms with van der Waals surface area (Å²) in [5.74, 6) is 0.869. The molecule has 0 fully saturated rings. The molecule has 3 heteroatoms. The van der Waals surface area contributed by atoms with Crippen molar-refractivity contribution in [2.24, 2.45) is 0 Å². The number of rotatable bonds is 5. The van der Waals surface area contributed by atoms with Crippen molar-refractivity contribution >= 4 is 10.9 Å². The summed E-state index contributed by atoms with van der Waals surface area (Å²) in [6, 6.07) is 10.0. The standard InChI is InChI=1S/C16H22N2O/c1-16(2,3)18-11-6-12-19-14-9-4-7-13-8-5-10-17-15(13)14/h4-5,7-10,18H,6,11-12H2,1-3H3. The number of pyridine rings is 1. The first kappa shape index (κ1) is 13.8. The van der Waals surface area contributed by atoms with Crippen molar-refractivity contribution in [3.05, 3.63) is 36.5 Å². The van der Waals surface area contributed by atoms with Gasteiger partial charge < -0.3 is 10.1 Å². The zero-order valence-electron chi connectivity index (χ0n) is 11.9. The highest BCUT2D eigenvalue weighted by Crippen LogP contribution is 2.22. The van der Waals surface area contributed by atoms with Gasteiger partial charge in [0.25, 0.3) is 0 Å². The number of aromatic nitrogens is 1. The zero-order chi connectivity index (χ0) is 13.7. The SMILES string of the molecule is CC(C)(C)NCCCOc1cccc2cccnc12. The molecule has 0 saturated carbocycles. The van der Waals surface area contributed by atoms with Crippen molar-refractivity contribution in [1.29, 1.82) is 0 Å². The predicted molar refractivity (Wildman–Crippen MR) is 79.6 cm³/mol. The molecule has 1 N–H and O–H groups in total. The van der Waals surface area contributed by atoms with Crippen molar-refractivity contribution < 1.29 is 4.74 Å². The zero-order valence-corrected chi connectivity index (χ0v) is 11.9. The summed E-state index contributed by atoms with van der Waals surface area (Å²) in [5.41, 5.74) is 1.11. The molecule has 0 aliphatic heterocycles. The Morgan fingerprint density at radius 3 is 2.74 bits per heavy atom. The molecule has 1 heterocycles. The molecule has 1 aromatic carbocycles. The van der Waals surface area contributed by atoms with Crippen LogP contribution in [-0.4, -0.2) is 23.7 Å². The average molecular weight is 258 g/mol. The Hall–Kier alpha value is -1.61. The Morgan fingerprint density at radius 1 is 1.16 bits per heavy atom. The van der Waals surface area contributed by atoms with E-state index in [-0.39, 0.29) is 5.54 Å². The van der Waals surface area contributed by atoms with Crippen LogP contribution in [0.5, 0.6) is 5.75 Å². The van der Waals surface area contributed by atoms with E-state index in [2.05, 4.69) is 43.2 Å². The number of nitrogens with zero attached hydrogens (tertiary/aromatic N) is 1. The normalized spacial score (nSPS) is 11.7. The van der Waals surface area contributed by atoms with Gasteiger partial charge in [-0.2, -0.15) is 0 Å². The number of hydrogen-bond donors (Lipinski definition) is 1. The van der Waals surface area contributed by atoms with E-state index in [1.54, 1.807) is 6.20 Å². The van der Waals surface area contributed by atoms with Crippen molar-refractivity contribution in [3.8, 4) is 5.75 Å². The van der Waals surface area contributed by atoms with Gasteiger partial charge in [-0.25, -0.2) is 0 Å². The minimum absolute atomic E-state index is 0.168. The molecule has 2 rings (SSSR count). The van der Waals surface area contributed by atoms with Crippen molar-refractivity contribution in [3.63, 3.8) is 0 Å². The summed E-state index contributed by atoms with van der Waals surface area (Å²) in [7, 11) is 0. The third-order valence-corrected chi connectivity index (χ3v) is 2.83. The molecule has 19 heavy (non-hydrogen) atoms. The highest BCUT2D eigenvalue weighted by Gasteiger charge is 2.07. The van der Waals surface area contributed by atoms with E-state index in [4.69, 9.17) is 4.74 Å². The van der Waals surface area contributed by atoms with Gasteiger partial charge in [0.2, 0.25) is 0 Å². The minimum Gasteiger partial charge on any atom is -0.491 e. The van der Waals surface area contributed by atoms with Crippen LogP contribution in [0.4, 0.5) is 0 Å². The summed E-state index contributed by atoms with van der Waals surface area (Å²) in [6.45, 7) is 8.17. The van der Waals surface area contributed by atoms with Crippen molar-refractivity contribution in [1.82, 2.24) is 10.3 Å². The Bertz CT molecular complexity index is 526. The molecule has 0 spiro atoms. The maximum Gasteiger partial charge on any atom is 0.145 e. The van der Waals surface area contributed by atoms with Gasteiger partial charge in [-0.3, -0.25) is 4.98 Å². The van der Waals surface area contributed by atoms with Crippen molar-refractivity contribution in [2.75, 3.05) is 13.2 Å². The van der Waals surface area contributed by atoms with Crippen LogP contribution in [0, 0.1) is 0 Å². The molecule has 102 valence electrons. The lowest BCUT2D eigenvalue weighted by atomic mass is 10.1. The van der Waals surface area contributed by atoms with Gasteiger partial charge in [0, 0.05) is 17.1 Å². The van der Waals surface area contributed by atoms with Gasteiger partial charge in [-0.1, -0.05) is 18.2 Å². The number of benzene rings is 1. The summed E-state index contributed by atoms with van der Waals surface area (Å²) < 4.78 is 5.83. The number of hydrogen-bond acceptors (Lipinski definition) is 3. The van der Waals surface area contributed by atoms with Gasteiger partial charge in [-0.15, -0.1) is 0 Å². The Labute approximate surface area is 115 Å². The van der Waals surface area contributed by atoms with Gasteiger partial charge in [0.15, 0.2) is 0 Å². The smallest absolute Gasteiger partial charge is 0.145 e. The topological polar surface area (TPSA) is 34.1 Å². The van der Waals surface area contributed by atoms with Gasteiger partial charge >= 0.3 is 0 Å². The fraction of sp³-hybridized carbons (Fsp3) is 0.438. The highest BCUT2D eigenvalue weighted by atomic mass is 16.5. The van der Waals surface area contributed by atoms with Crippen LogP contribution >= 0.6 is 0 Å². The molecule has 1 aromatic heterocycles. The summed E-state index contributed by atoms with van der Waals surface area (Å²) in [4.78, 5) is 4.38. The predicted octanol–water partition coefficient (Wildman–Crippen LogP) is 3.39. The second kappa shape index (κ2) is 6.02. The number of fused-ring (bicyclic) bond motifs is 1. The fourth-order valence-corrected chi connectivity index (χ4v) is 1.91. The van der Waals surface area contributed by atoms with E-state index in [1.165, 1.54) is 0 Å². The first-order valence-corrected chi connectivity index (χ1v) is 6.78. The molecule has 0 amide bonds. The van der Waals surface area contributed by atoms with Crippen LogP contribution in [0.1, 0.15) is 27.2 Å². The van der Waals surface area contributed by atoms with E-state index < -0.39 is 0 Å². The molecular weight excluding hydrogens is 236 g/mol. The fourth-order valence-electron chi connectivity index (χ4n) is 1.91. The lowest BCUT2D eigenvalue weighted by Gasteiger charge is -2.20. The molecule has 0 unspecified atom stereocenters. The number of nitrogens with one attached hydrogen (secondary N) is 1. The van der Waals surface area contributed by atoms with Crippen LogP contribution in [0.15, 0.2) is 36.5 Å². The number of para-hydroxylation sites is 1. The molecule has 3 nitrogen and oxygen atoms in total. The molecule has 0 radical (unpaired) electrons. The van der Waals surface area contributed by atoms with Crippen LogP contribution in [-0.2, 0) is 0 Å². The second-order valence-electron chi connectivity index (χ2n) is 5.71. The Balaban J connectivity index is 1.88. The van der Waals surface area contributed by atoms with Gasteiger partial charge in [0.1, 0.15) is 11.3 Å². The molecule has 0 atom stereocenters. The Morgan fingerprint density at radius 2 is 1.95 bits per heavy atom. The maximum absolute atomic E-state index is 5.83. The Kier molecular flexibility index (Phi) is 4.38. The van der Waals surface area contributed by atoms with E-state index in [1.807, 2.05) is 18.2 Å². The largest absolute Gasteiger partial charge is 0.491 e. The monoisotopic (exact) mass is 258 g/mol. The lowest BCUT2D eigenvalue weighted by molar-refractivity contribution is 0.300. The van der Waals surface area contributed by atoms with E-state index in [9.17, 15) is 0 Å². The van der Waals surface area contributed by atoms with E-state index in [0.717, 1.165) is 29.6 Å². The summed E-state index contributed by atoms with van der Waals surface area (Å²) >= 11 is 0. The lowest BCUT2D eigenvalue weighted by Crippen LogP contribution is -2.36. The summed E-state index contributed by atoms with van der Waals surface area (Å²) in [6.07, 6.45) is 2.79. The maximum atomic E-state index is 5.83. The van der Waals surface area contributed by atoms with Crippen molar-refractivity contribution in [2.45, 2.75) is 32.7 Å². The molecule has 2 aromatic rings. The van der Waals surface area contributed by atoms with Crippen LogP contribution in [0.2, 0.25) is 0 Å². The third-order valence-electron chi connectivity index (χ3n) is 2.83.